The van der Waals surface area contributed by atoms with Crippen LogP contribution < -0.4 is 11.1 Å². The summed E-state index contributed by atoms with van der Waals surface area (Å²) >= 11 is 5.79. The molecule has 0 aliphatic heterocycles. The highest BCUT2D eigenvalue weighted by atomic mass is 35.5. The monoisotopic (exact) mass is 279 g/mol. The maximum Gasteiger partial charge on any atom is 0.253 e. The van der Waals surface area contributed by atoms with Crippen LogP contribution in [0.1, 0.15) is 23.1 Å². The molecule has 100 valence electrons. The van der Waals surface area contributed by atoms with Crippen molar-refractivity contribution >= 4 is 23.2 Å². The van der Waals surface area contributed by atoms with Crippen LogP contribution in [0, 0.1) is 0 Å². The van der Waals surface area contributed by atoms with E-state index in [1.807, 2.05) is 11.5 Å². The molecule has 1 amide bonds. The second-order valence-electron chi connectivity index (χ2n) is 3.95. The van der Waals surface area contributed by atoms with Crippen LogP contribution in [0.4, 0.5) is 5.69 Å². The number of carbonyl (C=O) groups excluding carboxylic acids is 1. The van der Waals surface area contributed by atoms with Gasteiger partial charge in [0.1, 0.15) is 6.33 Å². The van der Waals surface area contributed by atoms with Gasteiger partial charge in [-0.3, -0.25) is 4.79 Å². The minimum Gasteiger partial charge on any atom is -0.398 e. The number of carbonyl (C=O) groups is 1. The van der Waals surface area contributed by atoms with Crippen molar-refractivity contribution in [3.05, 3.63) is 40.9 Å². The Morgan fingerprint density at radius 1 is 1.53 bits per heavy atom. The fraction of sp³-hybridized carbons (Fsp3) is 0.250. The molecule has 0 aliphatic rings. The first-order valence-corrected chi connectivity index (χ1v) is 6.19. The van der Waals surface area contributed by atoms with E-state index in [-0.39, 0.29) is 5.91 Å². The molecule has 0 fully saturated rings. The summed E-state index contributed by atoms with van der Waals surface area (Å²) in [5.41, 5.74) is 6.49. The van der Waals surface area contributed by atoms with Gasteiger partial charge in [-0.05, 0) is 25.1 Å². The Morgan fingerprint density at radius 3 is 3.00 bits per heavy atom. The minimum absolute atomic E-state index is 0.264. The standard InChI is InChI=1S/C12H14ClN5O/c1-2-18-7-16-17-11(18)6-15-12(19)9-4-3-8(13)5-10(9)14/h3-5,7H,2,6,14H2,1H3,(H,15,19). The Morgan fingerprint density at radius 2 is 2.32 bits per heavy atom. The predicted octanol–water partition coefficient (Wildman–Crippen LogP) is 1.46. The Hall–Kier alpha value is -2.08. The van der Waals surface area contributed by atoms with Crippen LogP contribution in [-0.2, 0) is 13.1 Å². The number of amides is 1. The van der Waals surface area contributed by atoms with E-state index >= 15 is 0 Å². The smallest absolute Gasteiger partial charge is 0.253 e. The fourth-order valence-electron chi connectivity index (χ4n) is 1.67. The van der Waals surface area contributed by atoms with E-state index in [1.165, 1.54) is 0 Å². The number of nitrogens with one attached hydrogen (secondary N) is 1. The van der Waals surface area contributed by atoms with Gasteiger partial charge in [0.15, 0.2) is 5.82 Å². The molecule has 0 radical (unpaired) electrons. The largest absolute Gasteiger partial charge is 0.398 e. The number of halogens is 1. The molecule has 0 unspecified atom stereocenters. The number of nitrogens with two attached hydrogens (primary N) is 1. The van der Waals surface area contributed by atoms with Crippen molar-refractivity contribution in [2.24, 2.45) is 0 Å². The maximum absolute atomic E-state index is 12.0. The molecule has 0 aliphatic carbocycles. The van der Waals surface area contributed by atoms with E-state index in [9.17, 15) is 4.79 Å². The molecule has 1 aromatic heterocycles. The first kappa shape index (κ1) is 13.4. The number of aryl methyl sites for hydroxylation is 1. The van der Waals surface area contributed by atoms with Gasteiger partial charge in [-0.15, -0.1) is 10.2 Å². The van der Waals surface area contributed by atoms with Crippen molar-refractivity contribution < 1.29 is 4.79 Å². The van der Waals surface area contributed by atoms with Crippen LogP contribution in [0.25, 0.3) is 0 Å². The third-order valence-corrected chi connectivity index (χ3v) is 2.94. The lowest BCUT2D eigenvalue weighted by atomic mass is 10.1. The molecule has 7 heteroatoms. The van der Waals surface area contributed by atoms with Gasteiger partial charge < -0.3 is 15.6 Å². The van der Waals surface area contributed by atoms with Crippen LogP contribution in [0.15, 0.2) is 24.5 Å². The lowest BCUT2D eigenvalue weighted by Crippen LogP contribution is -2.25. The van der Waals surface area contributed by atoms with Gasteiger partial charge in [-0.2, -0.15) is 0 Å². The molecule has 0 atom stereocenters. The zero-order chi connectivity index (χ0) is 13.8. The summed E-state index contributed by atoms with van der Waals surface area (Å²) in [4.78, 5) is 12.0. The third-order valence-electron chi connectivity index (χ3n) is 2.70. The first-order valence-electron chi connectivity index (χ1n) is 5.81. The van der Waals surface area contributed by atoms with Gasteiger partial charge in [-0.1, -0.05) is 11.6 Å². The summed E-state index contributed by atoms with van der Waals surface area (Å²) < 4.78 is 1.85. The van der Waals surface area contributed by atoms with Gasteiger partial charge >= 0.3 is 0 Å². The molecule has 0 saturated carbocycles. The summed E-state index contributed by atoms with van der Waals surface area (Å²) in [5.74, 6) is 0.434. The Balaban J connectivity index is 2.05. The van der Waals surface area contributed by atoms with Crippen LogP contribution in [0.2, 0.25) is 5.02 Å². The molecule has 19 heavy (non-hydrogen) atoms. The summed E-state index contributed by atoms with van der Waals surface area (Å²) in [7, 11) is 0. The molecule has 6 nitrogen and oxygen atoms in total. The number of nitrogen functional groups attached to an aromatic ring is 1. The van der Waals surface area contributed by atoms with Crippen molar-refractivity contribution in [3.63, 3.8) is 0 Å². The van der Waals surface area contributed by atoms with Crippen LogP contribution >= 0.6 is 11.6 Å². The molecular formula is C12H14ClN5O. The van der Waals surface area contributed by atoms with E-state index in [1.54, 1.807) is 24.5 Å². The van der Waals surface area contributed by atoms with E-state index in [0.29, 0.717) is 28.6 Å². The van der Waals surface area contributed by atoms with E-state index in [4.69, 9.17) is 17.3 Å². The SMILES string of the molecule is CCn1cnnc1CNC(=O)c1ccc(Cl)cc1N. The van der Waals surface area contributed by atoms with Gasteiger partial charge in [0.25, 0.3) is 5.91 Å². The summed E-state index contributed by atoms with van der Waals surface area (Å²) in [6.07, 6.45) is 1.62. The van der Waals surface area contributed by atoms with Crippen LogP contribution in [-0.4, -0.2) is 20.7 Å². The average molecular weight is 280 g/mol. The van der Waals surface area contributed by atoms with E-state index < -0.39 is 0 Å². The molecule has 1 heterocycles. The molecule has 0 spiro atoms. The average Bonchev–Trinajstić information content (AvgIpc) is 2.83. The van der Waals surface area contributed by atoms with Crippen molar-refractivity contribution in [3.8, 4) is 0 Å². The lowest BCUT2D eigenvalue weighted by Gasteiger charge is -2.08. The lowest BCUT2D eigenvalue weighted by molar-refractivity contribution is 0.0950. The zero-order valence-corrected chi connectivity index (χ0v) is 11.2. The first-order chi connectivity index (χ1) is 9.11. The highest BCUT2D eigenvalue weighted by molar-refractivity contribution is 6.31. The molecule has 2 rings (SSSR count). The Labute approximate surface area is 115 Å². The number of hydrogen-bond acceptors (Lipinski definition) is 4. The van der Waals surface area contributed by atoms with Crippen molar-refractivity contribution in [2.75, 3.05) is 5.73 Å². The normalized spacial score (nSPS) is 10.4. The molecule has 3 N–H and O–H groups in total. The summed E-state index contributed by atoms with van der Waals surface area (Å²) in [6, 6.07) is 4.77. The maximum atomic E-state index is 12.0. The topological polar surface area (TPSA) is 85.8 Å². The van der Waals surface area contributed by atoms with Crippen molar-refractivity contribution in [2.45, 2.75) is 20.0 Å². The third kappa shape index (κ3) is 3.03. The second-order valence-corrected chi connectivity index (χ2v) is 4.38. The van der Waals surface area contributed by atoms with Gasteiger partial charge in [0, 0.05) is 17.3 Å². The molecular weight excluding hydrogens is 266 g/mol. The summed E-state index contributed by atoms with van der Waals surface area (Å²) in [5, 5.41) is 11.0. The molecule has 2 aromatic rings. The zero-order valence-electron chi connectivity index (χ0n) is 10.4. The predicted molar refractivity (Wildman–Crippen MR) is 72.7 cm³/mol. The molecule has 0 bridgehead atoms. The Bertz CT molecular complexity index is 596. The Kier molecular flexibility index (Phi) is 4.01. The fourth-order valence-corrected chi connectivity index (χ4v) is 1.86. The van der Waals surface area contributed by atoms with Gasteiger partial charge in [-0.25, -0.2) is 0 Å². The molecule has 1 aromatic carbocycles. The highest BCUT2D eigenvalue weighted by Crippen LogP contribution is 2.17. The van der Waals surface area contributed by atoms with Crippen LogP contribution in [0.5, 0.6) is 0 Å². The number of nitrogens with zero attached hydrogens (tertiary/aromatic N) is 3. The second kappa shape index (κ2) is 5.71. The summed E-state index contributed by atoms with van der Waals surface area (Å²) in [6.45, 7) is 3.03. The van der Waals surface area contributed by atoms with Gasteiger partial charge in [0.05, 0.1) is 12.1 Å². The van der Waals surface area contributed by atoms with E-state index in [2.05, 4.69) is 15.5 Å². The minimum atomic E-state index is -0.264. The van der Waals surface area contributed by atoms with Gasteiger partial charge in [0.2, 0.25) is 0 Å². The number of hydrogen-bond donors (Lipinski definition) is 2. The number of aromatic nitrogens is 3. The van der Waals surface area contributed by atoms with E-state index in [0.717, 1.165) is 6.54 Å². The van der Waals surface area contributed by atoms with Crippen molar-refractivity contribution in [1.29, 1.82) is 0 Å². The number of rotatable bonds is 4. The molecule has 0 saturated heterocycles. The quantitative estimate of drug-likeness (QED) is 0.830. The number of anilines is 1. The number of benzene rings is 1. The highest BCUT2D eigenvalue weighted by Gasteiger charge is 2.11. The van der Waals surface area contributed by atoms with Crippen LogP contribution in [0.3, 0.4) is 0 Å². The van der Waals surface area contributed by atoms with Crippen molar-refractivity contribution in [1.82, 2.24) is 20.1 Å².